The normalized spacial score (nSPS) is 20.5. The van der Waals surface area contributed by atoms with E-state index in [-0.39, 0.29) is 64.2 Å². The Morgan fingerprint density at radius 3 is 2.24 bits per heavy atom. The van der Waals surface area contributed by atoms with Crippen LogP contribution in [0.3, 0.4) is 0 Å². The van der Waals surface area contributed by atoms with E-state index in [1.54, 1.807) is 36.4 Å². The number of hydrogen-bond acceptors (Lipinski definition) is 10. The zero-order valence-corrected chi connectivity index (χ0v) is 36.7. The van der Waals surface area contributed by atoms with Gasteiger partial charge in [-0.05, 0) is 71.2 Å². The molecule has 2 bridgehead atoms. The lowest BCUT2D eigenvalue weighted by atomic mass is 9.74. The molecule has 2 aliphatic heterocycles. The minimum atomic E-state index is -1.15. The largest absolute Gasteiger partial charge is 0.378 e. The molecular formula is C49H56N8O9. The van der Waals surface area contributed by atoms with Crippen molar-refractivity contribution in [1.82, 2.24) is 31.5 Å². The summed E-state index contributed by atoms with van der Waals surface area (Å²) in [5.74, 6) is -2.90. The lowest BCUT2D eigenvalue weighted by molar-refractivity contribution is -0.384. The number of ether oxygens (including phenoxy) is 1. The molecule has 0 aromatic heterocycles. The number of piperidine rings is 1. The van der Waals surface area contributed by atoms with E-state index in [9.17, 15) is 38.9 Å². The van der Waals surface area contributed by atoms with Crippen molar-refractivity contribution in [3.8, 4) is 11.1 Å². The number of nitrogens with one attached hydrogen (secondary N) is 5. The van der Waals surface area contributed by atoms with Gasteiger partial charge in [-0.1, -0.05) is 78.9 Å². The molecule has 4 aromatic carbocycles. The number of rotatable bonds is 12. The summed E-state index contributed by atoms with van der Waals surface area (Å²) < 4.78 is 5.36. The predicted octanol–water partition coefficient (Wildman–Crippen LogP) is 2.65. The first-order chi connectivity index (χ1) is 31.9. The molecule has 66 heavy (non-hydrogen) atoms. The quantitative estimate of drug-likeness (QED) is 0.0690. The third-order valence-corrected chi connectivity index (χ3v) is 11.7. The number of carbonyl (C=O) groups excluding carboxylic acids is 6. The zero-order chi connectivity index (χ0) is 46.9. The third-order valence-electron chi connectivity index (χ3n) is 11.7. The molecule has 7 N–H and O–H groups in total. The van der Waals surface area contributed by atoms with Gasteiger partial charge in [-0.3, -0.25) is 38.9 Å². The number of non-ortho nitro benzene ring substituents is 1. The van der Waals surface area contributed by atoms with Gasteiger partial charge in [-0.15, -0.1) is 0 Å². The van der Waals surface area contributed by atoms with Crippen molar-refractivity contribution in [2.75, 3.05) is 45.9 Å². The number of nitrogens with two attached hydrogens (primary N) is 1. The second-order valence-electron chi connectivity index (χ2n) is 16.4. The van der Waals surface area contributed by atoms with Crippen molar-refractivity contribution in [2.45, 2.75) is 57.2 Å². The van der Waals surface area contributed by atoms with Crippen LogP contribution in [-0.2, 0) is 59.3 Å². The van der Waals surface area contributed by atoms with Crippen LogP contribution in [-0.4, -0.2) is 103 Å². The van der Waals surface area contributed by atoms with Crippen molar-refractivity contribution >= 4 is 41.1 Å². The second kappa shape index (κ2) is 23.6. The Morgan fingerprint density at radius 1 is 0.833 bits per heavy atom. The SMILES string of the molecule is NCCOCCNC(=O)[C@@H]1CCNC(=O)/C=C/C(=O)N2CCC[C@](Cc3ccccc3)(C2)C(=O)N[C@@H](Cc2ccc(-c3ccc([N+](=O)[O-])cc3)cc2)C(=O)NCc2ccccc2CC(=O)N1. The number of carbonyl (C=O) groups is 6. The van der Waals surface area contributed by atoms with Gasteiger partial charge in [0.15, 0.2) is 0 Å². The maximum Gasteiger partial charge on any atom is 0.269 e. The zero-order valence-electron chi connectivity index (χ0n) is 36.7. The molecular weight excluding hydrogens is 845 g/mol. The minimum absolute atomic E-state index is 0.00279. The van der Waals surface area contributed by atoms with Crippen LogP contribution in [0.15, 0.2) is 115 Å². The summed E-state index contributed by atoms with van der Waals surface area (Å²) in [5, 5.41) is 25.5. The van der Waals surface area contributed by atoms with Gasteiger partial charge in [-0.25, -0.2) is 0 Å². The molecule has 0 aliphatic carbocycles. The topological polar surface area (TPSA) is 244 Å². The Hall–Kier alpha value is -7.24. The van der Waals surface area contributed by atoms with Crippen molar-refractivity contribution in [2.24, 2.45) is 11.1 Å². The first-order valence-corrected chi connectivity index (χ1v) is 22.1. The minimum Gasteiger partial charge on any atom is -0.378 e. The fraction of sp³-hybridized carbons (Fsp3) is 0.347. The highest BCUT2D eigenvalue weighted by atomic mass is 16.6. The highest BCUT2D eigenvalue weighted by Crippen LogP contribution is 2.35. The maximum absolute atomic E-state index is 14.9. The molecule has 6 rings (SSSR count). The van der Waals surface area contributed by atoms with Gasteiger partial charge in [0.25, 0.3) is 5.69 Å². The molecule has 1 saturated heterocycles. The van der Waals surface area contributed by atoms with Gasteiger partial charge in [0.05, 0.1) is 30.0 Å². The number of fused-ring (bicyclic) bond motifs is 3. The highest BCUT2D eigenvalue weighted by molar-refractivity contribution is 5.97. The Labute approximate surface area is 383 Å². The van der Waals surface area contributed by atoms with E-state index in [0.29, 0.717) is 43.7 Å². The van der Waals surface area contributed by atoms with Crippen LogP contribution >= 0.6 is 0 Å². The summed E-state index contributed by atoms with van der Waals surface area (Å²) in [4.78, 5) is 95.1. The van der Waals surface area contributed by atoms with Gasteiger partial charge >= 0.3 is 0 Å². The molecule has 0 unspecified atom stereocenters. The van der Waals surface area contributed by atoms with Gasteiger partial charge in [0, 0.05) is 70.0 Å². The van der Waals surface area contributed by atoms with Crippen molar-refractivity contribution in [3.05, 3.63) is 148 Å². The summed E-state index contributed by atoms with van der Waals surface area (Å²) in [5.41, 5.74) is 8.70. The number of nitro benzene ring substituents is 1. The summed E-state index contributed by atoms with van der Waals surface area (Å²) >= 11 is 0. The van der Waals surface area contributed by atoms with E-state index < -0.39 is 57.9 Å². The lowest BCUT2D eigenvalue weighted by Gasteiger charge is -2.42. The number of amides is 6. The first kappa shape index (κ1) is 48.2. The van der Waals surface area contributed by atoms with Crippen LogP contribution in [0.4, 0.5) is 5.69 Å². The van der Waals surface area contributed by atoms with Crippen LogP contribution in [0, 0.1) is 15.5 Å². The molecule has 4 aromatic rings. The molecule has 0 saturated carbocycles. The van der Waals surface area contributed by atoms with Crippen molar-refractivity contribution in [1.29, 1.82) is 0 Å². The van der Waals surface area contributed by atoms with Crippen molar-refractivity contribution in [3.63, 3.8) is 0 Å². The molecule has 2 heterocycles. The standard InChI is InChI=1S/C49H56N8O9/c50-23-27-66-28-25-52-46(61)41-21-24-51-43(58)19-20-45(60)56-26-6-22-49(33-56,31-35-7-2-1-3-8-35)48(63)55-42(47(62)53-32-39-10-5-4-9-38(39)30-44(59)54-41)29-34-11-13-36(14-12-34)37-15-17-40(18-16-37)57(64)65/h1-5,7-20,41-42H,6,21-33,50H2,(H,51,58)(H,52,61)(H,53,62)(H,54,59)(H,55,63)/b20-19+/t41-,42-,49-/m0/s1. The monoisotopic (exact) mass is 900 g/mol. The highest BCUT2D eigenvalue weighted by Gasteiger charge is 2.44. The fourth-order valence-electron chi connectivity index (χ4n) is 8.18. The Bertz CT molecular complexity index is 2380. The summed E-state index contributed by atoms with van der Waals surface area (Å²) in [7, 11) is 0. The van der Waals surface area contributed by atoms with Gasteiger partial charge in [0.2, 0.25) is 35.4 Å². The van der Waals surface area contributed by atoms with E-state index >= 15 is 0 Å². The molecule has 17 nitrogen and oxygen atoms in total. The maximum atomic E-state index is 14.9. The predicted molar refractivity (Wildman–Crippen MR) is 246 cm³/mol. The van der Waals surface area contributed by atoms with Crippen molar-refractivity contribution < 1.29 is 38.4 Å². The molecule has 3 atom stereocenters. The number of nitro groups is 1. The summed E-state index contributed by atoms with van der Waals surface area (Å²) in [6.45, 7) is 1.40. The van der Waals surface area contributed by atoms with E-state index in [1.165, 1.54) is 17.0 Å². The number of nitrogens with zero attached hydrogens (tertiary/aromatic N) is 2. The Kier molecular flexibility index (Phi) is 17.3. The van der Waals surface area contributed by atoms with Gasteiger partial charge < -0.3 is 42.0 Å². The average Bonchev–Trinajstić information content (AvgIpc) is 3.32. The summed E-state index contributed by atoms with van der Waals surface area (Å²) in [6.07, 6.45) is 3.43. The molecule has 2 aliphatic rings. The van der Waals surface area contributed by atoms with Crippen LogP contribution in [0.2, 0.25) is 0 Å². The molecule has 6 amide bonds. The van der Waals surface area contributed by atoms with Gasteiger partial charge in [-0.2, -0.15) is 0 Å². The molecule has 0 spiro atoms. The van der Waals surface area contributed by atoms with E-state index in [2.05, 4.69) is 26.6 Å². The molecule has 1 fully saturated rings. The lowest BCUT2D eigenvalue weighted by Crippen LogP contribution is -2.58. The van der Waals surface area contributed by atoms with Crippen LogP contribution < -0.4 is 32.3 Å². The smallest absolute Gasteiger partial charge is 0.269 e. The molecule has 346 valence electrons. The first-order valence-electron chi connectivity index (χ1n) is 22.1. The van der Waals surface area contributed by atoms with E-state index in [1.807, 2.05) is 54.6 Å². The Morgan fingerprint density at radius 2 is 1.53 bits per heavy atom. The van der Waals surface area contributed by atoms with E-state index in [0.717, 1.165) is 34.4 Å². The summed E-state index contributed by atoms with van der Waals surface area (Å²) in [6, 6.07) is 27.9. The number of benzene rings is 4. The van der Waals surface area contributed by atoms with E-state index in [4.69, 9.17) is 10.5 Å². The van der Waals surface area contributed by atoms with Crippen LogP contribution in [0.1, 0.15) is 41.5 Å². The number of hydrogen-bond donors (Lipinski definition) is 6. The Balaban J connectivity index is 1.30. The average molecular weight is 901 g/mol. The van der Waals surface area contributed by atoms with Crippen LogP contribution in [0.5, 0.6) is 0 Å². The fourth-order valence-corrected chi connectivity index (χ4v) is 8.18. The van der Waals surface area contributed by atoms with Crippen LogP contribution in [0.25, 0.3) is 11.1 Å². The van der Waals surface area contributed by atoms with Gasteiger partial charge in [0.1, 0.15) is 12.1 Å². The second-order valence-corrected chi connectivity index (χ2v) is 16.4. The molecule has 0 radical (unpaired) electrons. The molecule has 17 heteroatoms. The third kappa shape index (κ3) is 13.6.